The van der Waals surface area contributed by atoms with E-state index in [9.17, 15) is 0 Å². The topological polar surface area (TPSA) is 55.6 Å². The molecule has 1 aromatic rings. The van der Waals surface area contributed by atoms with Gasteiger partial charge in [0.05, 0.1) is 12.6 Å². The van der Waals surface area contributed by atoms with E-state index in [0.29, 0.717) is 6.54 Å². The summed E-state index contributed by atoms with van der Waals surface area (Å²) in [6.45, 7) is 4.71. The highest BCUT2D eigenvalue weighted by molar-refractivity contribution is 4.74. The Morgan fingerprint density at radius 1 is 1.55 bits per heavy atom. The van der Waals surface area contributed by atoms with E-state index < -0.39 is 0 Å². The molecule has 62 valence electrons. The zero-order chi connectivity index (χ0) is 8.27. The van der Waals surface area contributed by atoms with Crippen molar-refractivity contribution in [2.24, 2.45) is 0 Å². The van der Waals surface area contributed by atoms with Crippen molar-refractivity contribution < 1.29 is 0 Å². The van der Waals surface area contributed by atoms with Crippen LogP contribution in [0.15, 0.2) is 0 Å². The predicted octanol–water partition coefficient (Wildman–Crippen LogP) is -0.0266. The monoisotopic (exact) mass is 155 g/mol. The summed E-state index contributed by atoms with van der Waals surface area (Å²) < 4.78 is 0. The smallest absolute Gasteiger partial charge is 0.188 e. The molecule has 0 aliphatic carbocycles. The average molecular weight is 155 g/mol. The van der Waals surface area contributed by atoms with Gasteiger partial charge in [-0.25, -0.2) is 0 Å². The Morgan fingerprint density at radius 3 is 2.73 bits per heavy atom. The highest BCUT2D eigenvalue weighted by atomic mass is 15.6. The van der Waals surface area contributed by atoms with Crippen LogP contribution in [-0.2, 0) is 6.54 Å². The largest absolute Gasteiger partial charge is 0.313 e. The van der Waals surface area contributed by atoms with Crippen molar-refractivity contribution >= 4 is 0 Å². The summed E-state index contributed by atoms with van der Waals surface area (Å²) >= 11 is 0. The molecule has 1 aromatic heterocycles. The molecule has 5 heteroatoms. The van der Waals surface area contributed by atoms with E-state index in [1.54, 1.807) is 4.80 Å². The highest BCUT2D eigenvalue weighted by Crippen LogP contribution is 1.97. The van der Waals surface area contributed by atoms with E-state index in [1.165, 1.54) is 0 Å². The number of aromatic nitrogens is 4. The maximum Gasteiger partial charge on any atom is 0.188 e. The minimum absolute atomic E-state index is 0.285. The number of rotatable bonds is 3. The van der Waals surface area contributed by atoms with E-state index in [1.807, 2.05) is 20.9 Å². The lowest BCUT2D eigenvalue weighted by atomic mass is 10.4. The molecule has 0 bridgehead atoms. The molecular weight excluding hydrogens is 142 g/mol. The molecule has 0 unspecified atom stereocenters. The molecular formula is C6H13N5. The lowest BCUT2D eigenvalue weighted by molar-refractivity contribution is 0.453. The fraction of sp³-hybridized carbons (Fsp3) is 0.833. The van der Waals surface area contributed by atoms with Crippen molar-refractivity contribution in [3.05, 3.63) is 5.82 Å². The second-order valence-corrected chi connectivity index (χ2v) is 2.65. The third-order valence-corrected chi connectivity index (χ3v) is 1.27. The second-order valence-electron chi connectivity index (χ2n) is 2.65. The summed E-state index contributed by atoms with van der Waals surface area (Å²) in [6.07, 6.45) is 0. The Morgan fingerprint density at radius 2 is 2.27 bits per heavy atom. The highest BCUT2D eigenvalue weighted by Gasteiger charge is 2.02. The van der Waals surface area contributed by atoms with E-state index in [2.05, 4.69) is 20.7 Å². The lowest BCUT2D eigenvalue weighted by Crippen LogP contribution is -2.08. The van der Waals surface area contributed by atoms with Crippen LogP contribution < -0.4 is 5.32 Å². The maximum absolute atomic E-state index is 4.13. The lowest BCUT2D eigenvalue weighted by Gasteiger charge is -1.98. The fourth-order valence-electron chi connectivity index (χ4n) is 0.703. The van der Waals surface area contributed by atoms with Gasteiger partial charge in [-0.2, -0.15) is 4.80 Å². The van der Waals surface area contributed by atoms with Gasteiger partial charge in [-0.1, -0.05) is 0 Å². The predicted molar refractivity (Wildman–Crippen MR) is 41.0 cm³/mol. The van der Waals surface area contributed by atoms with Gasteiger partial charge in [-0.15, -0.1) is 10.2 Å². The first kappa shape index (κ1) is 8.13. The first-order valence-electron chi connectivity index (χ1n) is 3.67. The van der Waals surface area contributed by atoms with E-state index in [4.69, 9.17) is 0 Å². The van der Waals surface area contributed by atoms with Crippen LogP contribution in [0.25, 0.3) is 0 Å². The van der Waals surface area contributed by atoms with Crippen LogP contribution in [0.2, 0.25) is 0 Å². The Balaban J connectivity index is 2.66. The fourth-order valence-corrected chi connectivity index (χ4v) is 0.703. The molecule has 0 saturated heterocycles. The van der Waals surface area contributed by atoms with Crippen LogP contribution in [0, 0.1) is 0 Å². The van der Waals surface area contributed by atoms with Crippen molar-refractivity contribution in [2.75, 3.05) is 7.05 Å². The van der Waals surface area contributed by atoms with E-state index >= 15 is 0 Å². The molecule has 0 radical (unpaired) electrons. The molecule has 0 fully saturated rings. The van der Waals surface area contributed by atoms with Crippen LogP contribution in [0.3, 0.4) is 0 Å². The summed E-state index contributed by atoms with van der Waals surface area (Å²) in [6, 6.07) is 0.285. The zero-order valence-corrected chi connectivity index (χ0v) is 7.07. The maximum atomic E-state index is 4.13. The Labute approximate surface area is 65.8 Å². The van der Waals surface area contributed by atoms with Crippen LogP contribution in [-0.4, -0.2) is 27.3 Å². The van der Waals surface area contributed by atoms with Gasteiger partial charge in [0.15, 0.2) is 5.82 Å². The second kappa shape index (κ2) is 3.43. The van der Waals surface area contributed by atoms with Gasteiger partial charge >= 0.3 is 0 Å². The summed E-state index contributed by atoms with van der Waals surface area (Å²) in [5.41, 5.74) is 0. The van der Waals surface area contributed by atoms with Gasteiger partial charge in [0, 0.05) is 0 Å². The molecule has 0 aliphatic rings. The van der Waals surface area contributed by atoms with Crippen LogP contribution in [0.1, 0.15) is 25.7 Å². The first-order chi connectivity index (χ1) is 5.24. The third-order valence-electron chi connectivity index (χ3n) is 1.27. The molecule has 11 heavy (non-hydrogen) atoms. The van der Waals surface area contributed by atoms with Crippen LogP contribution in [0.4, 0.5) is 0 Å². The minimum Gasteiger partial charge on any atom is -0.313 e. The molecule has 0 saturated carbocycles. The molecule has 0 amide bonds. The Kier molecular flexibility index (Phi) is 2.53. The molecule has 0 spiro atoms. The molecule has 0 atom stereocenters. The third kappa shape index (κ3) is 1.98. The molecule has 0 aromatic carbocycles. The number of hydrogen-bond donors (Lipinski definition) is 1. The van der Waals surface area contributed by atoms with Gasteiger partial charge in [-0.3, -0.25) is 0 Å². The van der Waals surface area contributed by atoms with Gasteiger partial charge < -0.3 is 5.32 Å². The molecule has 1 N–H and O–H groups in total. The Hall–Kier alpha value is -0.970. The van der Waals surface area contributed by atoms with Gasteiger partial charge in [0.1, 0.15) is 0 Å². The molecule has 1 heterocycles. The zero-order valence-electron chi connectivity index (χ0n) is 7.07. The first-order valence-corrected chi connectivity index (χ1v) is 3.67. The van der Waals surface area contributed by atoms with Gasteiger partial charge in [0.2, 0.25) is 0 Å². The minimum atomic E-state index is 0.285. The number of nitrogens with zero attached hydrogens (tertiary/aromatic N) is 4. The van der Waals surface area contributed by atoms with E-state index in [-0.39, 0.29) is 6.04 Å². The molecule has 1 rings (SSSR count). The van der Waals surface area contributed by atoms with Crippen molar-refractivity contribution in [3.63, 3.8) is 0 Å². The SMILES string of the molecule is CNCc1nnn(C(C)C)n1. The number of hydrogen-bond acceptors (Lipinski definition) is 4. The van der Waals surface area contributed by atoms with Crippen molar-refractivity contribution in [2.45, 2.75) is 26.4 Å². The Bertz CT molecular complexity index is 217. The number of nitrogens with one attached hydrogen (secondary N) is 1. The van der Waals surface area contributed by atoms with Crippen LogP contribution >= 0.6 is 0 Å². The standard InChI is InChI=1S/C6H13N5/c1-5(2)11-9-6(4-7-3)8-10-11/h5,7H,4H2,1-3H3. The summed E-state index contributed by atoms with van der Waals surface area (Å²) in [7, 11) is 1.86. The number of tetrazole rings is 1. The average Bonchev–Trinajstić information content (AvgIpc) is 2.37. The van der Waals surface area contributed by atoms with Gasteiger partial charge in [0.25, 0.3) is 0 Å². The van der Waals surface area contributed by atoms with Crippen molar-refractivity contribution in [1.29, 1.82) is 0 Å². The molecule has 5 nitrogen and oxygen atoms in total. The normalized spacial score (nSPS) is 10.9. The summed E-state index contributed by atoms with van der Waals surface area (Å²) in [5, 5.41) is 14.8. The van der Waals surface area contributed by atoms with Crippen LogP contribution in [0.5, 0.6) is 0 Å². The van der Waals surface area contributed by atoms with E-state index in [0.717, 1.165) is 5.82 Å². The summed E-state index contributed by atoms with van der Waals surface area (Å²) in [5.74, 6) is 0.737. The van der Waals surface area contributed by atoms with Crippen molar-refractivity contribution in [1.82, 2.24) is 25.5 Å². The molecule has 0 aliphatic heterocycles. The van der Waals surface area contributed by atoms with Gasteiger partial charge in [-0.05, 0) is 26.1 Å². The quantitative estimate of drug-likeness (QED) is 0.666. The summed E-state index contributed by atoms with van der Waals surface area (Å²) in [4.78, 5) is 1.60. The van der Waals surface area contributed by atoms with Crippen molar-refractivity contribution in [3.8, 4) is 0 Å².